The van der Waals surface area contributed by atoms with Gasteiger partial charge < -0.3 is 0 Å². The molecule has 20 heavy (non-hydrogen) atoms. The molecule has 0 unspecified atom stereocenters. The fraction of sp³-hybridized carbons (Fsp3) is 0. The van der Waals surface area contributed by atoms with Crippen molar-refractivity contribution in [3.05, 3.63) is 62.2 Å². The first-order valence-electron chi connectivity index (χ1n) is 5.85. The van der Waals surface area contributed by atoms with Crippen molar-refractivity contribution in [1.29, 1.82) is 0 Å². The second kappa shape index (κ2) is 5.63. The fourth-order valence-electron chi connectivity index (χ4n) is 1.96. The highest BCUT2D eigenvalue weighted by molar-refractivity contribution is 9.11. The molecule has 0 radical (unpaired) electrons. The summed E-state index contributed by atoms with van der Waals surface area (Å²) in [5, 5.41) is 7.22. The smallest absolute Gasteiger partial charge is 0.200 e. The van der Waals surface area contributed by atoms with Crippen molar-refractivity contribution < 1.29 is 0 Å². The zero-order chi connectivity index (χ0) is 14.1. The van der Waals surface area contributed by atoms with E-state index >= 15 is 0 Å². The predicted molar refractivity (Wildman–Crippen MR) is 89.6 cm³/mol. The molecule has 0 aliphatic rings. The highest BCUT2D eigenvalue weighted by Crippen LogP contribution is 2.31. The Morgan fingerprint density at radius 1 is 1.05 bits per heavy atom. The number of hydrogen-bond acceptors (Lipinski definition) is 2. The summed E-state index contributed by atoms with van der Waals surface area (Å²) in [6.45, 7) is 0. The molecule has 1 aromatic heterocycles. The van der Waals surface area contributed by atoms with Crippen molar-refractivity contribution in [3.8, 4) is 17.1 Å². The van der Waals surface area contributed by atoms with Gasteiger partial charge in [-0.3, -0.25) is 9.67 Å². The number of aromatic nitrogens is 3. The van der Waals surface area contributed by atoms with Crippen LogP contribution in [0.25, 0.3) is 17.1 Å². The van der Waals surface area contributed by atoms with Crippen molar-refractivity contribution in [2.24, 2.45) is 0 Å². The molecule has 2 aromatic carbocycles. The molecule has 3 aromatic rings. The van der Waals surface area contributed by atoms with E-state index in [4.69, 9.17) is 12.2 Å². The Kier molecular flexibility index (Phi) is 3.87. The monoisotopic (exact) mass is 409 g/mol. The summed E-state index contributed by atoms with van der Waals surface area (Å²) < 4.78 is 4.44. The minimum Gasteiger partial charge on any atom is -0.268 e. The molecule has 6 heteroatoms. The number of rotatable bonds is 2. The van der Waals surface area contributed by atoms with E-state index in [0.717, 1.165) is 26.0 Å². The molecule has 0 aliphatic heterocycles. The van der Waals surface area contributed by atoms with E-state index in [0.29, 0.717) is 4.77 Å². The predicted octanol–water partition coefficient (Wildman–Crippen LogP) is 5.12. The van der Waals surface area contributed by atoms with Gasteiger partial charge in [0, 0.05) is 20.2 Å². The van der Waals surface area contributed by atoms with Crippen LogP contribution in [0.1, 0.15) is 0 Å². The Balaban J connectivity index is 2.27. The van der Waals surface area contributed by atoms with Crippen molar-refractivity contribution in [2.75, 3.05) is 0 Å². The largest absolute Gasteiger partial charge is 0.268 e. The number of aromatic amines is 1. The Morgan fingerprint density at radius 2 is 1.80 bits per heavy atom. The van der Waals surface area contributed by atoms with Gasteiger partial charge in [-0.2, -0.15) is 5.10 Å². The first kappa shape index (κ1) is 13.7. The molecule has 100 valence electrons. The lowest BCUT2D eigenvalue weighted by molar-refractivity contribution is 1.04. The molecular formula is C14H9Br2N3S. The highest BCUT2D eigenvalue weighted by atomic mass is 79.9. The van der Waals surface area contributed by atoms with Gasteiger partial charge in [-0.15, -0.1) is 0 Å². The number of nitrogens with zero attached hydrogens (tertiary/aromatic N) is 2. The van der Waals surface area contributed by atoms with E-state index in [1.54, 1.807) is 0 Å². The van der Waals surface area contributed by atoms with E-state index < -0.39 is 0 Å². The average molecular weight is 411 g/mol. The van der Waals surface area contributed by atoms with Gasteiger partial charge in [-0.1, -0.05) is 50.1 Å². The van der Waals surface area contributed by atoms with Crippen LogP contribution in [0, 0.1) is 4.77 Å². The lowest BCUT2D eigenvalue weighted by Gasteiger charge is -2.08. The summed E-state index contributed by atoms with van der Waals surface area (Å²) in [4.78, 5) is 0. The number of hydrogen-bond donors (Lipinski definition) is 1. The molecule has 0 aliphatic carbocycles. The second-order valence-electron chi connectivity index (χ2n) is 4.15. The lowest BCUT2D eigenvalue weighted by Crippen LogP contribution is -1.98. The molecule has 0 fully saturated rings. The Hall–Kier alpha value is -1.24. The van der Waals surface area contributed by atoms with E-state index in [1.807, 2.05) is 53.1 Å². The van der Waals surface area contributed by atoms with E-state index in [2.05, 4.69) is 42.1 Å². The second-order valence-corrected chi connectivity index (χ2v) is 6.30. The minimum absolute atomic E-state index is 0.568. The van der Waals surface area contributed by atoms with Gasteiger partial charge in [0.25, 0.3) is 0 Å². The topological polar surface area (TPSA) is 33.6 Å². The molecule has 0 bridgehead atoms. The van der Waals surface area contributed by atoms with Crippen LogP contribution < -0.4 is 0 Å². The molecule has 3 rings (SSSR count). The van der Waals surface area contributed by atoms with Gasteiger partial charge in [-0.05, 0) is 42.5 Å². The molecule has 0 atom stereocenters. The molecule has 0 saturated carbocycles. The van der Waals surface area contributed by atoms with Crippen LogP contribution in [-0.4, -0.2) is 14.8 Å². The van der Waals surface area contributed by atoms with Crippen LogP contribution in [-0.2, 0) is 0 Å². The number of para-hydroxylation sites is 1. The maximum absolute atomic E-state index is 5.35. The summed E-state index contributed by atoms with van der Waals surface area (Å²) in [5.74, 6) is 0.773. The van der Waals surface area contributed by atoms with Gasteiger partial charge in [0.2, 0.25) is 0 Å². The number of nitrogens with one attached hydrogen (secondary N) is 1. The van der Waals surface area contributed by atoms with Crippen LogP contribution in [0.4, 0.5) is 0 Å². The number of H-pyrrole nitrogens is 1. The van der Waals surface area contributed by atoms with Crippen LogP contribution >= 0.6 is 44.1 Å². The summed E-state index contributed by atoms with van der Waals surface area (Å²) in [5.41, 5.74) is 1.95. The van der Waals surface area contributed by atoms with Crippen LogP contribution in [0.15, 0.2) is 57.5 Å². The normalized spacial score (nSPS) is 10.7. The quantitative estimate of drug-likeness (QED) is 0.594. The van der Waals surface area contributed by atoms with E-state index in [9.17, 15) is 0 Å². The van der Waals surface area contributed by atoms with E-state index in [1.165, 1.54) is 0 Å². The molecule has 1 heterocycles. The maximum atomic E-state index is 5.35. The third-order valence-electron chi connectivity index (χ3n) is 2.86. The van der Waals surface area contributed by atoms with Gasteiger partial charge >= 0.3 is 0 Å². The summed E-state index contributed by atoms with van der Waals surface area (Å²) in [6.07, 6.45) is 0. The van der Waals surface area contributed by atoms with Crippen LogP contribution in [0.5, 0.6) is 0 Å². The number of halogens is 2. The summed E-state index contributed by atoms with van der Waals surface area (Å²) >= 11 is 12.4. The number of benzene rings is 2. The fourth-order valence-corrected chi connectivity index (χ4v) is 2.99. The van der Waals surface area contributed by atoms with Crippen LogP contribution in [0.2, 0.25) is 0 Å². The molecule has 1 N–H and O–H groups in total. The van der Waals surface area contributed by atoms with Gasteiger partial charge in [0.05, 0.1) is 0 Å². The third kappa shape index (κ3) is 2.51. The Labute approximate surface area is 137 Å². The van der Waals surface area contributed by atoms with Crippen molar-refractivity contribution >= 4 is 44.1 Å². The standard InChI is InChI=1S/C14H9Br2N3S/c15-9-6-7-12(16)11(8-9)13-17-18-14(20)19(13)10-4-2-1-3-5-10/h1-8H,(H,18,20). The van der Waals surface area contributed by atoms with Crippen molar-refractivity contribution in [3.63, 3.8) is 0 Å². The lowest BCUT2D eigenvalue weighted by atomic mass is 10.2. The molecule has 0 saturated heterocycles. The van der Waals surface area contributed by atoms with Crippen molar-refractivity contribution in [1.82, 2.24) is 14.8 Å². The summed E-state index contributed by atoms with van der Waals surface area (Å²) in [6, 6.07) is 15.9. The first-order valence-corrected chi connectivity index (χ1v) is 7.84. The molecule has 3 nitrogen and oxygen atoms in total. The average Bonchev–Trinajstić information content (AvgIpc) is 2.84. The van der Waals surface area contributed by atoms with Gasteiger partial charge in [-0.25, -0.2) is 0 Å². The molecule has 0 spiro atoms. The maximum Gasteiger partial charge on any atom is 0.200 e. The highest BCUT2D eigenvalue weighted by Gasteiger charge is 2.13. The van der Waals surface area contributed by atoms with Gasteiger partial charge in [0.15, 0.2) is 10.6 Å². The van der Waals surface area contributed by atoms with E-state index in [-0.39, 0.29) is 0 Å². The molecular weight excluding hydrogens is 402 g/mol. The SMILES string of the molecule is S=c1[nH]nc(-c2cc(Br)ccc2Br)n1-c1ccccc1. The van der Waals surface area contributed by atoms with Crippen molar-refractivity contribution in [2.45, 2.75) is 0 Å². The van der Waals surface area contributed by atoms with Crippen LogP contribution in [0.3, 0.4) is 0 Å². The minimum atomic E-state index is 0.568. The Bertz CT molecular complexity index is 809. The zero-order valence-electron chi connectivity index (χ0n) is 10.2. The van der Waals surface area contributed by atoms with Gasteiger partial charge in [0.1, 0.15) is 0 Å². The third-order valence-corrected chi connectivity index (χ3v) is 4.31. The zero-order valence-corrected chi connectivity index (χ0v) is 14.2. The molecule has 0 amide bonds. The first-order chi connectivity index (χ1) is 9.66. The summed E-state index contributed by atoms with van der Waals surface area (Å²) in [7, 11) is 0. The Morgan fingerprint density at radius 3 is 2.55 bits per heavy atom.